The van der Waals surface area contributed by atoms with Crippen LogP contribution in [0, 0.1) is 0 Å². The van der Waals surface area contributed by atoms with Gasteiger partial charge >= 0.3 is 0 Å². The summed E-state index contributed by atoms with van der Waals surface area (Å²) in [6, 6.07) is 16.2. The Morgan fingerprint density at radius 3 is 2.31 bits per heavy atom. The Balaban J connectivity index is 1.98. The van der Waals surface area contributed by atoms with E-state index in [9.17, 15) is 14.7 Å². The molecule has 4 rings (SSSR count). The maximum Gasteiger partial charge on any atom is 0.300 e. The van der Waals surface area contributed by atoms with Gasteiger partial charge in [-0.3, -0.25) is 14.5 Å². The lowest BCUT2D eigenvalue weighted by atomic mass is 9.94. The Labute approximate surface area is 218 Å². The van der Waals surface area contributed by atoms with Crippen LogP contribution in [0.2, 0.25) is 10.0 Å². The number of hydrogen-bond acceptors (Lipinski definition) is 6. The zero-order valence-corrected chi connectivity index (χ0v) is 21.3. The van der Waals surface area contributed by atoms with Gasteiger partial charge in [-0.1, -0.05) is 59.6 Å². The van der Waals surface area contributed by atoms with Crippen molar-refractivity contribution in [2.45, 2.75) is 13.0 Å². The lowest BCUT2D eigenvalue weighted by Crippen LogP contribution is -2.29. The fraction of sp³-hybridized carbons (Fsp3) is 0.185. The Hall–Kier alpha value is -3.68. The molecule has 1 unspecified atom stereocenters. The van der Waals surface area contributed by atoms with E-state index in [4.69, 9.17) is 37.4 Å². The van der Waals surface area contributed by atoms with Crippen LogP contribution in [-0.2, 0) is 9.59 Å². The van der Waals surface area contributed by atoms with Crippen molar-refractivity contribution in [2.75, 3.05) is 25.7 Å². The van der Waals surface area contributed by atoms with Crippen LogP contribution in [-0.4, -0.2) is 37.6 Å². The third-order valence-corrected chi connectivity index (χ3v) is 6.39. The highest BCUT2D eigenvalue weighted by Crippen LogP contribution is 2.48. The Morgan fingerprint density at radius 1 is 0.972 bits per heavy atom. The number of aliphatic hydroxyl groups excluding tert-OH is 1. The molecule has 0 aromatic heterocycles. The number of carbonyl (C=O) groups excluding carboxylic acids is 2. The number of anilines is 1. The summed E-state index contributed by atoms with van der Waals surface area (Å²) in [6.07, 6.45) is 0. The molecule has 9 heteroatoms. The summed E-state index contributed by atoms with van der Waals surface area (Å²) in [5, 5.41) is 11.6. The number of methoxy groups -OCH3 is 2. The molecular weight excluding hydrogens is 505 g/mol. The van der Waals surface area contributed by atoms with Crippen molar-refractivity contribution in [3.8, 4) is 17.2 Å². The van der Waals surface area contributed by atoms with Gasteiger partial charge in [-0.05, 0) is 30.7 Å². The normalized spacial score (nSPS) is 16.8. The van der Waals surface area contributed by atoms with Crippen LogP contribution in [0.1, 0.15) is 24.1 Å². The second-order valence-electron chi connectivity index (χ2n) is 7.80. The summed E-state index contributed by atoms with van der Waals surface area (Å²) in [4.78, 5) is 28.1. The predicted molar refractivity (Wildman–Crippen MR) is 138 cm³/mol. The number of ether oxygens (including phenoxy) is 3. The molecule has 1 amide bonds. The molecule has 36 heavy (non-hydrogen) atoms. The minimum Gasteiger partial charge on any atom is -0.507 e. The third-order valence-electron chi connectivity index (χ3n) is 5.76. The first-order chi connectivity index (χ1) is 17.3. The number of aliphatic hydroxyl groups is 1. The number of benzene rings is 3. The van der Waals surface area contributed by atoms with Gasteiger partial charge in [0.05, 0.1) is 43.0 Å². The molecule has 7 nitrogen and oxygen atoms in total. The number of rotatable bonds is 7. The second-order valence-corrected chi connectivity index (χ2v) is 8.58. The van der Waals surface area contributed by atoms with Gasteiger partial charge in [0.25, 0.3) is 11.7 Å². The van der Waals surface area contributed by atoms with E-state index in [1.54, 1.807) is 48.5 Å². The monoisotopic (exact) mass is 527 g/mol. The fourth-order valence-corrected chi connectivity index (χ4v) is 4.92. The van der Waals surface area contributed by atoms with Crippen molar-refractivity contribution in [3.63, 3.8) is 0 Å². The summed E-state index contributed by atoms with van der Waals surface area (Å²) < 4.78 is 16.2. The summed E-state index contributed by atoms with van der Waals surface area (Å²) in [5.74, 6) is -1.41. The minimum atomic E-state index is -0.938. The molecule has 1 aliphatic rings. The number of nitrogens with zero attached hydrogens (tertiary/aromatic N) is 1. The number of amides is 1. The van der Waals surface area contributed by atoms with Crippen molar-refractivity contribution in [3.05, 3.63) is 87.4 Å². The van der Waals surface area contributed by atoms with Gasteiger partial charge in [-0.2, -0.15) is 0 Å². The van der Waals surface area contributed by atoms with Crippen molar-refractivity contribution < 1.29 is 28.9 Å². The van der Waals surface area contributed by atoms with E-state index in [1.165, 1.54) is 25.2 Å². The fourth-order valence-electron chi connectivity index (χ4n) is 4.23. The zero-order valence-electron chi connectivity index (χ0n) is 19.7. The molecule has 3 aromatic carbocycles. The van der Waals surface area contributed by atoms with E-state index >= 15 is 0 Å². The molecule has 1 aliphatic heterocycles. The molecule has 3 aromatic rings. The van der Waals surface area contributed by atoms with Crippen molar-refractivity contribution in [1.82, 2.24) is 0 Å². The van der Waals surface area contributed by atoms with E-state index in [0.717, 1.165) is 0 Å². The highest BCUT2D eigenvalue weighted by Gasteiger charge is 2.47. The highest BCUT2D eigenvalue weighted by molar-refractivity contribution is 6.52. The lowest BCUT2D eigenvalue weighted by Gasteiger charge is -2.26. The second kappa shape index (κ2) is 10.5. The largest absolute Gasteiger partial charge is 0.507 e. The van der Waals surface area contributed by atoms with Gasteiger partial charge in [-0.25, -0.2) is 0 Å². The Bertz CT molecular complexity index is 1360. The topological polar surface area (TPSA) is 85.3 Å². The van der Waals surface area contributed by atoms with Crippen LogP contribution in [0.4, 0.5) is 5.69 Å². The zero-order chi connectivity index (χ0) is 26.0. The average Bonchev–Trinajstić information content (AvgIpc) is 3.14. The molecule has 1 N–H and O–H groups in total. The molecule has 0 radical (unpaired) electrons. The van der Waals surface area contributed by atoms with Crippen molar-refractivity contribution in [1.29, 1.82) is 0 Å². The molecule has 0 saturated carbocycles. The molecular formula is C27H23Cl2NO6. The number of carbonyl (C=O) groups is 2. The standard InChI is InChI=1S/C27H23Cl2NO6/c1-4-36-17-12-8-11-16(13-17)30-22(15-9-6-5-7-10-15)20(24(32)27(30)33)23(31)18-14-19(28)26(35-3)21(29)25(18)34-2/h5-14,22,31H,4H2,1-3H3/b23-20+. The molecule has 1 saturated heterocycles. The highest BCUT2D eigenvalue weighted by atomic mass is 35.5. The van der Waals surface area contributed by atoms with Crippen LogP contribution >= 0.6 is 23.2 Å². The molecule has 0 spiro atoms. The summed E-state index contributed by atoms with van der Waals surface area (Å²) in [6.45, 7) is 2.28. The molecule has 1 fully saturated rings. The van der Waals surface area contributed by atoms with Crippen LogP contribution < -0.4 is 19.1 Å². The van der Waals surface area contributed by atoms with E-state index < -0.39 is 23.5 Å². The molecule has 1 atom stereocenters. The summed E-state index contributed by atoms with van der Waals surface area (Å²) >= 11 is 12.7. The van der Waals surface area contributed by atoms with E-state index in [1.807, 2.05) is 13.0 Å². The van der Waals surface area contributed by atoms with E-state index in [-0.39, 0.29) is 32.7 Å². The van der Waals surface area contributed by atoms with Crippen LogP contribution in [0.5, 0.6) is 17.2 Å². The summed E-state index contributed by atoms with van der Waals surface area (Å²) in [7, 11) is 2.75. The molecule has 0 aliphatic carbocycles. The summed E-state index contributed by atoms with van der Waals surface area (Å²) in [5.41, 5.74) is 0.970. The first kappa shape index (κ1) is 25.4. The number of halogens is 2. The van der Waals surface area contributed by atoms with E-state index in [0.29, 0.717) is 23.6 Å². The first-order valence-electron chi connectivity index (χ1n) is 11.0. The predicted octanol–water partition coefficient (Wildman–Crippen LogP) is 6.04. The van der Waals surface area contributed by atoms with Gasteiger partial charge < -0.3 is 19.3 Å². The number of hydrogen-bond donors (Lipinski definition) is 1. The number of ketones is 1. The van der Waals surface area contributed by atoms with Gasteiger partial charge in [0.15, 0.2) is 11.5 Å². The van der Waals surface area contributed by atoms with Crippen molar-refractivity contribution in [2.24, 2.45) is 0 Å². The molecule has 186 valence electrons. The third kappa shape index (κ3) is 4.36. The van der Waals surface area contributed by atoms with Gasteiger partial charge in [0.2, 0.25) is 0 Å². The lowest BCUT2D eigenvalue weighted by molar-refractivity contribution is -0.132. The maximum atomic E-state index is 13.4. The number of Topliss-reactive ketones (excluding diaryl/α,β-unsaturated/α-hetero) is 1. The quantitative estimate of drug-likeness (QED) is 0.229. The van der Waals surface area contributed by atoms with Crippen molar-refractivity contribution >= 4 is 46.3 Å². The van der Waals surface area contributed by atoms with Gasteiger partial charge in [-0.15, -0.1) is 0 Å². The first-order valence-corrected chi connectivity index (χ1v) is 11.8. The Kier molecular flexibility index (Phi) is 7.43. The van der Waals surface area contributed by atoms with E-state index in [2.05, 4.69) is 0 Å². The average molecular weight is 528 g/mol. The molecule has 1 heterocycles. The molecule has 0 bridgehead atoms. The van der Waals surface area contributed by atoms with Gasteiger partial charge in [0.1, 0.15) is 16.5 Å². The Morgan fingerprint density at radius 2 is 1.67 bits per heavy atom. The van der Waals surface area contributed by atoms with Crippen LogP contribution in [0.25, 0.3) is 5.76 Å². The van der Waals surface area contributed by atoms with Crippen LogP contribution in [0.15, 0.2) is 66.2 Å². The minimum absolute atomic E-state index is 0.0176. The SMILES string of the molecule is CCOc1cccc(N2C(=O)C(=O)/C(=C(/O)c3cc(Cl)c(OC)c(Cl)c3OC)C2c2ccccc2)c1. The van der Waals surface area contributed by atoms with Gasteiger partial charge in [0, 0.05) is 11.8 Å². The smallest absolute Gasteiger partial charge is 0.300 e. The van der Waals surface area contributed by atoms with Crippen LogP contribution in [0.3, 0.4) is 0 Å². The maximum absolute atomic E-state index is 13.4.